The molecule has 1 rings (SSSR count). The van der Waals surface area contributed by atoms with E-state index in [4.69, 9.17) is 10.00 Å². The average Bonchev–Trinajstić information content (AvgIpc) is 2.50. The number of nitrogens with one attached hydrogen (secondary N) is 1. The second-order valence-corrected chi connectivity index (χ2v) is 6.68. The standard InChI is InChI=1S/C17H21F3N2O4/c1-16(2,3)26-15(25)22-5-4-13(23)14(24)11-6-10(9-21)7-12(8-11)17(18,19)20/h6-8,13-14,23-24H,4-5H2,1-3H3,(H,22,25). The molecule has 0 aliphatic rings. The van der Waals surface area contributed by atoms with Gasteiger partial charge >= 0.3 is 12.3 Å². The van der Waals surface area contributed by atoms with Gasteiger partial charge < -0.3 is 20.3 Å². The number of rotatable bonds is 5. The number of aliphatic hydroxyl groups is 2. The third-order valence-electron chi connectivity index (χ3n) is 3.23. The molecule has 0 heterocycles. The fraction of sp³-hybridized carbons (Fsp3) is 0.529. The molecule has 0 aromatic heterocycles. The maximum atomic E-state index is 12.9. The van der Waals surface area contributed by atoms with E-state index in [1.807, 2.05) is 0 Å². The van der Waals surface area contributed by atoms with Crippen LogP contribution in [0.2, 0.25) is 0 Å². The van der Waals surface area contributed by atoms with Crippen molar-refractivity contribution in [3.05, 3.63) is 34.9 Å². The highest BCUT2D eigenvalue weighted by molar-refractivity contribution is 5.67. The third-order valence-corrected chi connectivity index (χ3v) is 3.23. The summed E-state index contributed by atoms with van der Waals surface area (Å²) >= 11 is 0. The number of hydrogen-bond donors (Lipinski definition) is 3. The van der Waals surface area contributed by atoms with Crippen molar-refractivity contribution in [2.24, 2.45) is 0 Å². The second kappa shape index (κ2) is 8.38. The molecule has 1 amide bonds. The van der Waals surface area contributed by atoms with E-state index in [1.54, 1.807) is 26.8 Å². The summed E-state index contributed by atoms with van der Waals surface area (Å²) in [6.45, 7) is 4.96. The number of hydrogen-bond acceptors (Lipinski definition) is 5. The minimum atomic E-state index is -4.69. The highest BCUT2D eigenvalue weighted by atomic mass is 19.4. The molecule has 0 aliphatic heterocycles. The van der Waals surface area contributed by atoms with Crippen LogP contribution in [0, 0.1) is 11.3 Å². The molecule has 0 saturated carbocycles. The molecule has 0 saturated heterocycles. The van der Waals surface area contributed by atoms with Crippen molar-refractivity contribution >= 4 is 6.09 Å². The Kier molecular flexibility index (Phi) is 7.00. The molecule has 26 heavy (non-hydrogen) atoms. The van der Waals surface area contributed by atoms with Crippen molar-refractivity contribution in [2.45, 2.75) is 51.2 Å². The molecule has 6 nitrogen and oxygen atoms in total. The van der Waals surface area contributed by atoms with Crippen LogP contribution >= 0.6 is 0 Å². The largest absolute Gasteiger partial charge is 0.444 e. The lowest BCUT2D eigenvalue weighted by Crippen LogP contribution is -2.34. The van der Waals surface area contributed by atoms with Gasteiger partial charge in [-0.3, -0.25) is 0 Å². The first-order valence-corrected chi connectivity index (χ1v) is 7.79. The number of carbonyl (C=O) groups is 1. The Morgan fingerprint density at radius 3 is 2.38 bits per heavy atom. The summed E-state index contributed by atoms with van der Waals surface area (Å²) in [5.74, 6) is 0. The predicted octanol–water partition coefficient (Wildman–Crippen LogP) is 2.89. The molecule has 0 fully saturated rings. The van der Waals surface area contributed by atoms with E-state index in [0.29, 0.717) is 12.1 Å². The molecule has 3 N–H and O–H groups in total. The van der Waals surface area contributed by atoms with Gasteiger partial charge in [0.2, 0.25) is 0 Å². The van der Waals surface area contributed by atoms with Gasteiger partial charge in [-0.25, -0.2) is 4.79 Å². The van der Waals surface area contributed by atoms with E-state index in [-0.39, 0.29) is 24.1 Å². The number of alkyl carbamates (subject to hydrolysis) is 1. The maximum absolute atomic E-state index is 12.9. The van der Waals surface area contributed by atoms with Gasteiger partial charge in [-0.05, 0) is 51.0 Å². The number of amides is 1. The Morgan fingerprint density at radius 2 is 1.88 bits per heavy atom. The third kappa shape index (κ3) is 6.90. The lowest BCUT2D eigenvalue weighted by molar-refractivity contribution is -0.137. The molecule has 0 aliphatic carbocycles. The van der Waals surface area contributed by atoms with E-state index in [2.05, 4.69) is 5.32 Å². The Morgan fingerprint density at radius 1 is 1.27 bits per heavy atom. The second-order valence-electron chi connectivity index (χ2n) is 6.68. The van der Waals surface area contributed by atoms with Crippen LogP contribution in [-0.2, 0) is 10.9 Å². The molecule has 9 heteroatoms. The number of nitriles is 1. The Balaban J connectivity index is 2.75. The highest BCUT2D eigenvalue weighted by Gasteiger charge is 2.32. The van der Waals surface area contributed by atoms with Crippen LogP contribution in [0.5, 0.6) is 0 Å². The SMILES string of the molecule is CC(C)(C)OC(=O)NCCC(O)C(O)c1cc(C#N)cc(C(F)(F)F)c1. The van der Waals surface area contributed by atoms with E-state index < -0.39 is 35.6 Å². The molecular formula is C17H21F3N2O4. The molecule has 0 spiro atoms. The molecule has 0 radical (unpaired) electrons. The average molecular weight is 374 g/mol. The number of alkyl halides is 3. The van der Waals surface area contributed by atoms with Gasteiger partial charge in [-0.2, -0.15) is 18.4 Å². The first-order valence-electron chi connectivity index (χ1n) is 7.79. The topological polar surface area (TPSA) is 103 Å². The first kappa shape index (κ1) is 21.7. The molecule has 0 bridgehead atoms. The van der Waals surface area contributed by atoms with Crippen LogP contribution in [0.4, 0.5) is 18.0 Å². The molecule has 1 aromatic rings. The normalized spacial score (nSPS) is 14.3. The van der Waals surface area contributed by atoms with E-state index in [0.717, 1.165) is 6.07 Å². The van der Waals surface area contributed by atoms with Crippen molar-refractivity contribution in [1.29, 1.82) is 5.26 Å². The number of halogens is 3. The molecule has 2 atom stereocenters. The van der Waals surface area contributed by atoms with E-state index in [9.17, 15) is 28.2 Å². The van der Waals surface area contributed by atoms with Gasteiger partial charge in [0.15, 0.2) is 0 Å². The smallest absolute Gasteiger partial charge is 0.416 e. The van der Waals surface area contributed by atoms with Gasteiger partial charge in [0.25, 0.3) is 0 Å². The van der Waals surface area contributed by atoms with Crippen LogP contribution < -0.4 is 5.32 Å². The number of aliphatic hydroxyl groups excluding tert-OH is 2. The summed E-state index contributed by atoms with van der Waals surface area (Å²) in [7, 11) is 0. The molecule has 1 aromatic carbocycles. The quantitative estimate of drug-likeness (QED) is 0.735. The zero-order valence-corrected chi connectivity index (χ0v) is 14.6. The van der Waals surface area contributed by atoms with Crippen LogP contribution in [-0.4, -0.2) is 34.6 Å². The molecule has 2 unspecified atom stereocenters. The van der Waals surface area contributed by atoms with E-state index >= 15 is 0 Å². The number of benzene rings is 1. The first-order chi connectivity index (χ1) is 11.8. The van der Waals surface area contributed by atoms with Gasteiger partial charge in [-0.1, -0.05) is 0 Å². The minimum absolute atomic E-state index is 0.0583. The van der Waals surface area contributed by atoms with Crippen molar-refractivity contribution in [3.8, 4) is 6.07 Å². The van der Waals surface area contributed by atoms with Gasteiger partial charge in [0.1, 0.15) is 11.7 Å². The molecular weight excluding hydrogens is 353 g/mol. The van der Waals surface area contributed by atoms with Gasteiger partial charge in [-0.15, -0.1) is 0 Å². The fourth-order valence-corrected chi connectivity index (χ4v) is 2.07. The summed E-state index contributed by atoms with van der Waals surface area (Å²) in [6.07, 6.45) is -8.63. The predicted molar refractivity (Wildman–Crippen MR) is 86.0 cm³/mol. The Labute approximate surface area is 149 Å². The number of carbonyl (C=O) groups excluding carboxylic acids is 1. The van der Waals surface area contributed by atoms with Crippen molar-refractivity contribution in [1.82, 2.24) is 5.32 Å². The minimum Gasteiger partial charge on any atom is -0.444 e. The van der Waals surface area contributed by atoms with Gasteiger partial charge in [0, 0.05) is 6.54 Å². The fourth-order valence-electron chi connectivity index (χ4n) is 2.07. The maximum Gasteiger partial charge on any atom is 0.416 e. The lowest BCUT2D eigenvalue weighted by atomic mass is 9.97. The van der Waals surface area contributed by atoms with Crippen molar-refractivity contribution < 1.29 is 32.9 Å². The van der Waals surface area contributed by atoms with Crippen molar-refractivity contribution in [2.75, 3.05) is 6.54 Å². The summed E-state index contributed by atoms with van der Waals surface area (Å²) in [6, 6.07) is 4.00. The summed E-state index contributed by atoms with van der Waals surface area (Å²) in [4.78, 5) is 11.5. The van der Waals surface area contributed by atoms with Crippen LogP contribution in [0.25, 0.3) is 0 Å². The summed E-state index contributed by atoms with van der Waals surface area (Å²) in [5, 5.41) is 31.3. The zero-order chi connectivity index (χ0) is 20.1. The van der Waals surface area contributed by atoms with Gasteiger partial charge in [0.05, 0.1) is 23.3 Å². The van der Waals surface area contributed by atoms with Crippen LogP contribution in [0.15, 0.2) is 18.2 Å². The lowest BCUT2D eigenvalue weighted by Gasteiger charge is -2.21. The summed E-state index contributed by atoms with van der Waals surface area (Å²) in [5.41, 5.74) is -2.31. The van der Waals surface area contributed by atoms with Crippen molar-refractivity contribution in [3.63, 3.8) is 0 Å². The molecule has 144 valence electrons. The summed E-state index contributed by atoms with van der Waals surface area (Å²) < 4.78 is 43.6. The zero-order valence-electron chi connectivity index (χ0n) is 14.6. The Bertz CT molecular complexity index is 678. The number of ether oxygens (including phenoxy) is 1. The Hall–Kier alpha value is -2.31. The monoisotopic (exact) mass is 374 g/mol. The van der Waals surface area contributed by atoms with E-state index in [1.165, 1.54) is 0 Å². The van der Waals surface area contributed by atoms with Crippen LogP contribution in [0.3, 0.4) is 0 Å². The highest BCUT2D eigenvalue weighted by Crippen LogP contribution is 2.32. The van der Waals surface area contributed by atoms with Crippen LogP contribution in [0.1, 0.15) is 50.0 Å². The number of nitrogens with zero attached hydrogens (tertiary/aromatic N) is 1.